The van der Waals surface area contributed by atoms with Crippen LogP contribution in [0.25, 0.3) is 0 Å². The summed E-state index contributed by atoms with van der Waals surface area (Å²) in [5.74, 6) is -10.1. The third kappa shape index (κ3) is 28.2. The molecule has 502 valence electrons. The van der Waals surface area contributed by atoms with Crippen LogP contribution < -0.4 is 82.3 Å². The van der Waals surface area contributed by atoms with Crippen LogP contribution >= 0.6 is 0 Å². The van der Waals surface area contributed by atoms with E-state index < -0.39 is 161 Å². The van der Waals surface area contributed by atoms with Crippen molar-refractivity contribution >= 4 is 94.4 Å². The smallest absolute Gasteiger partial charge is 0.303 e. The maximum absolute atomic E-state index is 14.3. The number of rotatable bonds is 42. The van der Waals surface area contributed by atoms with Gasteiger partial charge in [-0.2, -0.15) is 0 Å². The first kappa shape index (κ1) is 76.7. The molecular weight excluding hydrogens is 1180 g/mol. The molecule has 90 heavy (non-hydrogen) atoms. The number of non-ortho nitro benzene ring substituents is 1. The number of carboxylic acids is 1. The Bertz CT molecular complexity index is 2720. The number of aldehydes is 1. The van der Waals surface area contributed by atoms with Gasteiger partial charge in [0.2, 0.25) is 53.2 Å². The molecule has 22 N–H and O–H groups in total. The van der Waals surface area contributed by atoms with E-state index in [-0.39, 0.29) is 87.6 Å². The molecule has 1 aliphatic rings. The molecule has 9 amide bonds. The highest BCUT2D eigenvalue weighted by Crippen LogP contribution is 2.29. The van der Waals surface area contributed by atoms with Gasteiger partial charge in [0.15, 0.2) is 11.9 Å². The molecule has 0 spiro atoms. The van der Waals surface area contributed by atoms with Crippen molar-refractivity contribution in [3.05, 3.63) is 38.4 Å². The van der Waals surface area contributed by atoms with Crippen LogP contribution in [0.1, 0.15) is 118 Å². The van der Waals surface area contributed by atoms with E-state index in [1.54, 1.807) is 27.7 Å². The standard InChI is InChI=1S/C54H90N20O16/c1-29(2)23-38(70-51(85)41-14-10-22-72(41)52(86)34(56)12-6-7-19-55)46(80)64-27-43(76)67-39(24-30(3)4)49(83)71-40(26-63-35-16-15-33(73(87)88)25-42(35)74(89)90)50(84)65-31(5)45(79)68-36(13-9-21-62-54(59)60)48(82)69-37(17-18-44(77)78)47(81)66-32(28-75)11-8-20-61-53(57)58/h15-16,25,28-32,34,36-41,63H,6-14,17-24,26-27,55-56H2,1-5H3,(H,64,80)(H,65,84)(H,66,81)(H,67,76)(H,68,79)(H,69,82)(H,70,85)(H,71,83)(H,77,78)(H4,57,58,61)(H4,59,60,62)/t31-,32+,34+,36+,37+,38-,39-,40-,41-/m0/s1. The maximum atomic E-state index is 14.3. The monoisotopic (exact) mass is 1270 g/mol. The first-order chi connectivity index (χ1) is 42.4. The highest BCUT2D eigenvalue weighted by Gasteiger charge is 2.38. The molecule has 1 aromatic rings. The molecule has 1 aromatic carbocycles. The Morgan fingerprint density at radius 2 is 1.23 bits per heavy atom. The quantitative estimate of drug-likeness (QED) is 0.00744. The molecule has 0 unspecified atom stereocenters. The highest BCUT2D eigenvalue weighted by molar-refractivity contribution is 5.98. The van der Waals surface area contributed by atoms with Gasteiger partial charge in [-0.15, -0.1) is 0 Å². The van der Waals surface area contributed by atoms with Gasteiger partial charge >= 0.3 is 5.97 Å². The second-order valence-electron chi connectivity index (χ2n) is 22.3. The lowest BCUT2D eigenvalue weighted by Gasteiger charge is -2.29. The predicted octanol–water partition coefficient (Wildman–Crippen LogP) is -3.85. The number of aliphatic imine (C=N–C) groups is 2. The fourth-order valence-electron chi connectivity index (χ4n) is 9.22. The summed E-state index contributed by atoms with van der Waals surface area (Å²) in [4.78, 5) is 179. The molecular formula is C54H90N20O16. The van der Waals surface area contributed by atoms with Crippen LogP contribution in [0.5, 0.6) is 0 Å². The Labute approximate surface area is 519 Å². The number of carbonyl (C=O) groups excluding carboxylic acids is 10. The normalized spacial score (nSPS) is 15.3. The number of nitrogens with two attached hydrogens (primary N) is 6. The number of nitrogens with zero attached hydrogens (tertiary/aromatic N) is 5. The third-order valence-electron chi connectivity index (χ3n) is 13.8. The Hall–Kier alpha value is -9.35. The lowest BCUT2D eigenvalue weighted by Crippen LogP contribution is -2.60. The summed E-state index contributed by atoms with van der Waals surface area (Å²) in [7, 11) is 0. The van der Waals surface area contributed by atoms with Gasteiger partial charge in [-0.25, -0.2) is 0 Å². The van der Waals surface area contributed by atoms with Crippen molar-refractivity contribution in [2.75, 3.05) is 44.6 Å². The number of carbonyl (C=O) groups is 11. The van der Waals surface area contributed by atoms with Crippen LogP contribution in [0, 0.1) is 32.1 Å². The Morgan fingerprint density at radius 3 is 1.80 bits per heavy atom. The molecule has 9 atom stereocenters. The number of carboxylic acid groups (broad SMARTS) is 1. The van der Waals surface area contributed by atoms with Gasteiger partial charge < -0.3 is 97.1 Å². The molecule has 36 nitrogen and oxygen atoms in total. The molecule has 0 radical (unpaired) electrons. The van der Waals surface area contributed by atoms with Crippen molar-refractivity contribution in [2.45, 2.75) is 172 Å². The lowest BCUT2D eigenvalue weighted by atomic mass is 10.0. The van der Waals surface area contributed by atoms with Crippen molar-refractivity contribution in [1.29, 1.82) is 0 Å². The first-order valence-electron chi connectivity index (χ1n) is 29.5. The Morgan fingerprint density at radius 1 is 0.678 bits per heavy atom. The van der Waals surface area contributed by atoms with Crippen LogP contribution in [0.2, 0.25) is 0 Å². The van der Waals surface area contributed by atoms with Crippen molar-refractivity contribution in [3.8, 4) is 0 Å². The fraction of sp³-hybridized carbons (Fsp3) is 0.648. The van der Waals surface area contributed by atoms with Crippen LogP contribution in [0.3, 0.4) is 0 Å². The first-order valence-corrected chi connectivity index (χ1v) is 29.5. The van der Waals surface area contributed by atoms with E-state index in [0.717, 1.165) is 12.1 Å². The predicted molar refractivity (Wildman–Crippen MR) is 328 cm³/mol. The van der Waals surface area contributed by atoms with Crippen LogP contribution in [0.4, 0.5) is 17.1 Å². The van der Waals surface area contributed by atoms with Gasteiger partial charge in [-0.3, -0.25) is 78.2 Å². The van der Waals surface area contributed by atoms with E-state index >= 15 is 0 Å². The molecule has 0 saturated carbocycles. The molecule has 36 heteroatoms. The van der Waals surface area contributed by atoms with Gasteiger partial charge in [0.1, 0.15) is 54.3 Å². The second kappa shape index (κ2) is 39.5. The SMILES string of the molecule is CC(C)C[C@H](NC(=O)CNC(=O)[C@H](CC(C)C)NC(=O)[C@@H]1CCCN1C(=O)[C@H](N)CCCCN)C(=O)N[C@@H](CNc1ccc([N+](=O)[O-])cc1[N+](=O)[O-])C(=O)N[C@@H](C)C(=O)N[C@H](CCCN=C(N)N)C(=O)N[C@H](CCC(=O)O)C(=O)N[C@@H](C=O)CCCN=C(N)N. The molecule has 1 fully saturated rings. The van der Waals surface area contributed by atoms with Crippen LogP contribution in [-0.2, 0) is 52.7 Å². The third-order valence-corrected chi connectivity index (χ3v) is 13.8. The van der Waals surface area contributed by atoms with Gasteiger partial charge in [-0.1, -0.05) is 34.1 Å². The molecule has 2 rings (SSSR count). The van der Waals surface area contributed by atoms with Gasteiger partial charge in [-0.05, 0) is 102 Å². The summed E-state index contributed by atoms with van der Waals surface area (Å²) in [5.41, 5.74) is 31.5. The van der Waals surface area contributed by atoms with Crippen molar-refractivity contribution in [3.63, 3.8) is 0 Å². The molecule has 0 bridgehead atoms. The summed E-state index contributed by atoms with van der Waals surface area (Å²) < 4.78 is 0. The number of unbranched alkanes of at least 4 members (excludes halogenated alkanes) is 1. The van der Waals surface area contributed by atoms with E-state index in [1.165, 1.54) is 11.8 Å². The van der Waals surface area contributed by atoms with Crippen molar-refractivity contribution < 1.29 is 67.7 Å². The van der Waals surface area contributed by atoms with E-state index in [4.69, 9.17) is 34.4 Å². The summed E-state index contributed by atoms with van der Waals surface area (Å²) in [6.07, 6.45) is 1.94. The number of hydrogen-bond donors (Lipinski definition) is 16. The number of amides is 9. The molecule has 1 saturated heterocycles. The van der Waals surface area contributed by atoms with Crippen molar-refractivity contribution in [2.24, 2.45) is 56.2 Å². The molecule has 0 aliphatic carbocycles. The van der Waals surface area contributed by atoms with Gasteiger partial charge in [0, 0.05) is 38.7 Å². The Balaban J connectivity index is 2.45. The second-order valence-corrected chi connectivity index (χ2v) is 22.3. The van der Waals surface area contributed by atoms with E-state index in [1.807, 2.05) is 0 Å². The highest BCUT2D eigenvalue weighted by atomic mass is 16.6. The summed E-state index contributed by atoms with van der Waals surface area (Å²) in [5, 5.41) is 55.6. The minimum absolute atomic E-state index is 0.0224. The number of nitro groups is 2. The number of likely N-dealkylation sites (tertiary alicyclic amines) is 1. The molecule has 1 heterocycles. The number of anilines is 1. The number of guanidine groups is 2. The number of nitro benzene ring substituents is 2. The topological polar surface area (TPSA) is 587 Å². The summed E-state index contributed by atoms with van der Waals surface area (Å²) in [6.45, 7) is 7.50. The summed E-state index contributed by atoms with van der Waals surface area (Å²) >= 11 is 0. The fourth-order valence-corrected chi connectivity index (χ4v) is 9.22. The van der Waals surface area contributed by atoms with Gasteiger partial charge in [0.25, 0.3) is 11.4 Å². The molecule has 1 aliphatic heterocycles. The zero-order chi connectivity index (χ0) is 67.8. The zero-order valence-corrected chi connectivity index (χ0v) is 51.4. The number of nitrogens with one attached hydrogen (secondary N) is 9. The average Bonchev–Trinajstić information content (AvgIpc) is 2.86. The van der Waals surface area contributed by atoms with Crippen molar-refractivity contribution in [1.82, 2.24) is 47.4 Å². The maximum Gasteiger partial charge on any atom is 0.303 e. The minimum atomic E-state index is -1.79. The number of aliphatic carboxylic acids is 1. The van der Waals surface area contributed by atoms with E-state index in [0.29, 0.717) is 51.0 Å². The van der Waals surface area contributed by atoms with E-state index in [2.05, 4.69) is 57.8 Å². The summed E-state index contributed by atoms with van der Waals surface area (Å²) in [6, 6.07) is -9.42. The van der Waals surface area contributed by atoms with Gasteiger partial charge in [0.05, 0.1) is 34.5 Å². The average molecular weight is 1280 g/mol. The van der Waals surface area contributed by atoms with E-state index in [9.17, 15) is 78.1 Å². The largest absolute Gasteiger partial charge is 0.481 e. The number of benzene rings is 1. The Kier molecular flexibility index (Phi) is 33.7. The zero-order valence-electron chi connectivity index (χ0n) is 51.4. The number of hydrogen-bond acceptors (Lipinski definition) is 20. The minimum Gasteiger partial charge on any atom is -0.481 e. The lowest BCUT2D eigenvalue weighted by molar-refractivity contribution is -0.393. The van der Waals surface area contributed by atoms with Crippen LogP contribution in [0.15, 0.2) is 28.2 Å². The molecule has 0 aromatic heterocycles. The van der Waals surface area contributed by atoms with Crippen LogP contribution in [-0.4, -0.2) is 191 Å².